The van der Waals surface area contributed by atoms with Crippen LogP contribution in [0.2, 0.25) is 0 Å². The van der Waals surface area contributed by atoms with Crippen molar-refractivity contribution in [2.75, 3.05) is 19.7 Å². The number of hydrogen-bond donors (Lipinski definition) is 1. The summed E-state index contributed by atoms with van der Waals surface area (Å²) in [5, 5.41) is 3.40. The van der Waals surface area contributed by atoms with E-state index in [4.69, 9.17) is 4.74 Å². The van der Waals surface area contributed by atoms with Crippen LogP contribution < -0.4 is 5.32 Å². The van der Waals surface area contributed by atoms with Crippen molar-refractivity contribution in [3.05, 3.63) is 35.6 Å². The van der Waals surface area contributed by atoms with Crippen molar-refractivity contribution >= 4 is 0 Å². The van der Waals surface area contributed by atoms with E-state index in [1.54, 1.807) is 0 Å². The summed E-state index contributed by atoms with van der Waals surface area (Å²) in [6.07, 6.45) is 4.98. The van der Waals surface area contributed by atoms with E-state index in [1.165, 1.54) is 37.0 Å². The maximum Gasteiger partial charge on any atom is 0.123 e. The van der Waals surface area contributed by atoms with E-state index in [0.29, 0.717) is 6.10 Å². The second-order valence-electron chi connectivity index (χ2n) is 4.57. The summed E-state index contributed by atoms with van der Waals surface area (Å²) < 4.78 is 18.3. The summed E-state index contributed by atoms with van der Waals surface area (Å²) in [5.74, 6) is -0.169. The molecule has 2 rings (SSSR count). The lowest BCUT2D eigenvalue weighted by Gasteiger charge is -2.22. The monoisotopic (exact) mass is 237 g/mol. The molecule has 0 radical (unpaired) electrons. The van der Waals surface area contributed by atoms with Crippen LogP contribution in [0.5, 0.6) is 0 Å². The topological polar surface area (TPSA) is 21.3 Å². The summed E-state index contributed by atoms with van der Waals surface area (Å²) in [5.41, 5.74) is 1.17. The Morgan fingerprint density at radius 2 is 2.06 bits per heavy atom. The van der Waals surface area contributed by atoms with Gasteiger partial charge in [-0.15, -0.1) is 0 Å². The van der Waals surface area contributed by atoms with E-state index < -0.39 is 0 Å². The highest BCUT2D eigenvalue weighted by molar-refractivity contribution is 5.16. The van der Waals surface area contributed by atoms with Crippen LogP contribution in [0.4, 0.5) is 4.39 Å². The molecule has 94 valence electrons. The molecule has 1 unspecified atom stereocenters. The van der Waals surface area contributed by atoms with E-state index in [-0.39, 0.29) is 5.82 Å². The first kappa shape index (κ1) is 12.5. The Kier molecular flexibility index (Phi) is 4.95. The van der Waals surface area contributed by atoms with E-state index >= 15 is 0 Å². The first-order valence-corrected chi connectivity index (χ1v) is 6.41. The molecule has 1 aromatic carbocycles. The third-order valence-corrected chi connectivity index (χ3v) is 3.15. The van der Waals surface area contributed by atoms with Gasteiger partial charge in [0.1, 0.15) is 5.82 Å². The number of hydrogen-bond acceptors (Lipinski definition) is 2. The summed E-state index contributed by atoms with van der Waals surface area (Å²) in [6.45, 7) is 2.76. The van der Waals surface area contributed by atoms with Gasteiger partial charge in [-0.05, 0) is 49.9 Å². The van der Waals surface area contributed by atoms with Crippen LogP contribution in [0.3, 0.4) is 0 Å². The summed E-state index contributed by atoms with van der Waals surface area (Å²) in [6, 6.07) is 6.71. The molecule has 1 N–H and O–H groups in total. The molecule has 17 heavy (non-hydrogen) atoms. The predicted octanol–water partition coefficient (Wildman–Crippen LogP) is 2.53. The second-order valence-corrected chi connectivity index (χ2v) is 4.57. The zero-order chi connectivity index (χ0) is 11.9. The Bertz CT molecular complexity index is 319. The fourth-order valence-corrected chi connectivity index (χ4v) is 2.12. The van der Waals surface area contributed by atoms with Crippen LogP contribution in [0.15, 0.2) is 24.3 Å². The van der Waals surface area contributed by atoms with Gasteiger partial charge in [-0.1, -0.05) is 12.1 Å². The van der Waals surface area contributed by atoms with Gasteiger partial charge in [-0.3, -0.25) is 0 Å². The lowest BCUT2D eigenvalue weighted by atomic mass is 10.1. The molecule has 0 aliphatic carbocycles. The molecule has 0 saturated carbocycles. The molecule has 1 aliphatic heterocycles. The SMILES string of the molecule is Fc1ccc(CCNCC2CCCCO2)cc1. The minimum atomic E-state index is -0.169. The normalized spacial score (nSPS) is 20.4. The fourth-order valence-electron chi connectivity index (χ4n) is 2.12. The highest BCUT2D eigenvalue weighted by Gasteiger charge is 2.12. The van der Waals surface area contributed by atoms with Crippen LogP contribution >= 0.6 is 0 Å². The highest BCUT2D eigenvalue weighted by atomic mass is 19.1. The molecule has 1 heterocycles. The molecule has 1 aromatic rings. The average molecular weight is 237 g/mol. The number of nitrogens with one attached hydrogen (secondary N) is 1. The van der Waals surface area contributed by atoms with Gasteiger partial charge < -0.3 is 10.1 Å². The largest absolute Gasteiger partial charge is 0.377 e. The molecule has 0 bridgehead atoms. The smallest absolute Gasteiger partial charge is 0.123 e. The summed E-state index contributed by atoms with van der Waals surface area (Å²) in [4.78, 5) is 0. The molecule has 0 aromatic heterocycles. The van der Waals surface area contributed by atoms with Crippen LogP contribution in [0.25, 0.3) is 0 Å². The minimum Gasteiger partial charge on any atom is -0.377 e. The average Bonchev–Trinajstić information content (AvgIpc) is 2.38. The molecular weight excluding hydrogens is 217 g/mol. The third kappa shape index (κ3) is 4.44. The molecule has 0 spiro atoms. The lowest BCUT2D eigenvalue weighted by molar-refractivity contribution is 0.0171. The van der Waals surface area contributed by atoms with Gasteiger partial charge in [0, 0.05) is 13.2 Å². The quantitative estimate of drug-likeness (QED) is 0.795. The zero-order valence-corrected chi connectivity index (χ0v) is 10.1. The van der Waals surface area contributed by atoms with Crippen molar-refractivity contribution in [2.24, 2.45) is 0 Å². The Balaban J connectivity index is 1.60. The van der Waals surface area contributed by atoms with Gasteiger partial charge in [-0.2, -0.15) is 0 Å². The maximum atomic E-state index is 12.7. The first-order chi connectivity index (χ1) is 8.34. The van der Waals surface area contributed by atoms with Gasteiger partial charge in [-0.25, -0.2) is 4.39 Å². The Labute approximate surface area is 102 Å². The molecule has 2 nitrogen and oxygen atoms in total. The number of rotatable bonds is 5. The molecule has 3 heteroatoms. The second kappa shape index (κ2) is 6.72. The van der Waals surface area contributed by atoms with Gasteiger partial charge in [0.2, 0.25) is 0 Å². The minimum absolute atomic E-state index is 0.169. The molecule has 1 saturated heterocycles. The Morgan fingerprint density at radius 1 is 1.24 bits per heavy atom. The van der Waals surface area contributed by atoms with Gasteiger partial charge >= 0.3 is 0 Å². The van der Waals surface area contributed by atoms with Crippen molar-refractivity contribution in [2.45, 2.75) is 31.8 Å². The predicted molar refractivity (Wildman–Crippen MR) is 66.6 cm³/mol. The molecule has 1 aliphatic rings. The van der Waals surface area contributed by atoms with Crippen LogP contribution in [-0.2, 0) is 11.2 Å². The Morgan fingerprint density at radius 3 is 2.76 bits per heavy atom. The van der Waals surface area contributed by atoms with E-state index in [1.807, 2.05) is 12.1 Å². The standard InChI is InChI=1S/C14H20FNO/c15-13-6-4-12(5-7-13)8-9-16-11-14-3-1-2-10-17-14/h4-7,14,16H,1-3,8-11H2. The number of benzene rings is 1. The molecule has 1 fully saturated rings. The van der Waals surface area contributed by atoms with Gasteiger partial charge in [0.05, 0.1) is 6.10 Å². The van der Waals surface area contributed by atoms with Crippen molar-refractivity contribution < 1.29 is 9.13 Å². The van der Waals surface area contributed by atoms with Gasteiger partial charge in [0.25, 0.3) is 0 Å². The molecular formula is C14H20FNO. The first-order valence-electron chi connectivity index (χ1n) is 6.41. The van der Waals surface area contributed by atoms with Crippen LogP contribution in [0.1, 0.15) is 24.8 Å². The van der Waals surface area contributed by atoms with E-state index in [0.717, 1.165) is 26.1 Å². The summed E-state index contributed by atoms with van der Waals surface area (Å²) >= 11 is 0. The molecule has 1 atom stereocenters. The molecule has 0 amide bonds. The van der Waals surface area contributed by atoms with Crippen molar-refractivity contribution in [3.63, 3.8) is 0 Å². The van der Waals surface area contributed by atoms with Crippen molar-refractivity contribution in [3.8, 4) is 0 Å². The summed E-state index contributed by atoms with van der Waals surface area (Å²) in [7, 11) is 0. The van der Waals surface area contributed by atoms with E-state index in [9.17, 15) is 4.39 Å². The van der Waals surface area contributed by atoms with E-state index in [2.05, 4.69) is 5.32 Å². The maximum absolute atomic E-state index is 12.7. The third-order valence-electron chi connectivity index (χ3n) is 3.15. The Hall–Kier alpha value is -0.930. The van der Waals surface area contributed by atoms with Gasteiger partial charge in [0.15, 0.2) is 0 Å². The van der Waals surface area contributed by atoms with Crippen molar-refractivity contribution in [1.29, 1.82) is 0 Å². The lowest BCUT2D eigenvalue weighted by Crippen LogP contribution is -2.32. The fraction of sp³-hybridized carbons (Fsp3) is 0.571. The van der Waals surface area contributed by atoms with Crippen molar-refractivity contribution in [1.82, 2.24) is 5.32 Å². The number of ether oxygens (including phenoxy) is 1. The number of halogens is 1. The van der Waals surface area contributed by atoms with Crippen LogP contribution in [-0.4, -0.2) is 25.8 Å². The van der Waals surface area contributed by atoms with Crippen LogP contribution in [0, 0.1) is 5.82 Å². The highest BCUT2D eigenvalue weighted by Crippen LogP contribution is 2.11. The zero-order valence-electron chi connectivity index (χ0n) is 10.1.